The number of likely N-dealkylation sites (N-methyl/N-ethyl adjacent to an activating group) is 1. The van der Waals surface area contributed by atoms with Crippen LogP contribution in [0.2, 0.25) is 0 Å². The fraction of sp³-hybridized carbons (Fsp3) is 0.200. The molecule has 10 heteroatoms. The number of nitro benzene ring substituents is 1. The van der Waals surface area contributed by atoms with Crippen molar-refractivity contribution < 1.29 is 14.9 Å². The van der Waals surface area contributed by atoms with Gasteiger partial charge in [0.15, 0.2) is 5.88 Å². The van der Waals surface area contributed by atoms with Crippen LogP contribution in [0.25, 0.3) is 10.9 Å². The first-order valence-corrected chi connectivity index (χ1v) is 9.87. The van der Waals surface area contributed by atoms with E-state index in [9.17, 15) is 15.2 Å². The van der Waals surface area contributed by atoms with Gasteiger partial charge >= 0.3 is 0 Å². The summed E-state index contributed by atoms with van der Waals surface area (Å²) in [5, 5.41) is 26.9. The molecule has 0 saturated carbocycles. The van der Waals surface area contributed by atoms with Crippen molar-refractivity contribution in [3.8, 4) is 5.88 Å². The van der Waals surface area contributed by atoms with Crippen LogP contribution >= 0.6 is 15.9 Å². The monoisotopic (exact) mass is 471 g/mol. The van der Waals surface area contributed by atoms with Crippen LogP contribution in [-0.2, 0) is 4.84 Å². The summed E-state index contributed by atoms with van der Waals surface area (Å²) in [5.74, 6) is -0.0647. The molecule has 0 saturated heterocycles. The van der Waals surface area contributed by atoms with Crippen molar-refractivity contribution in [1.82, 2.24) is 9.88 Å². The molecule has 0 spiro atoms. The van der Waals surface area contributed by atoms with Gasteiger partial charge in [-0.1, -0.05) is 27.2 Å². The number of nitrogens with one attached hydrogen (secondary N) is 1. The van der Waals surface area contributed by atoms with Gasteiger partial charge < -0.3 is 19.8 Å². The maximum Gasteiger partial charge on any atom is 0.270 e. The molecule has 3 aromatic rings. The molecule has 0 radical (unpaired) electrons. The minimum absolute atomic E-state index is 0.0647. The summed E-state index contributed by atoms with van der Waals surface area (Å²) in [4.78, 5) is 25.8. The van der Waals surface area contributed by atoms with Gasteiger partial charge in [0.1, 0.15) is 18.0 Å². The lowest BCUT2D eigenvalue weighted by Crippen LogP contribution is -2.18. The molecule has 154 valence electrons. The van der Waals surface area contributed by atoms with Crippen molar-refractivity contribution in [3.63, 3.8) is 0 Å². The van der Waals surface area contributed by atoms with Gasteiger partial charge in [0, 0.05) is 34.1 Å². The first-order valence-electron chi connectivity index (χ1n) is 9.08. The van der Waals surface area contributed by atoms with Crippen LogP contribution < -0.4 is 0 Å². The number of fused-ring (bicyclic) bond motifs is 2. The number of aromatic hydroxyl groups is 1. The Morgan fingerprint density at radius 1 is 1.30 bits per heavy atom. The van der Waals surface area contributed by atoms with E-state index < -0.39 is 4.92 Å². The van der Waals surface area contributed by atoms with E-state index in [0.717, 1.165) is 15.4 Å². The summed E-state index contributed by atoms with van der Waals surface area (Å²) < 4.78 is 0.857. The molecule has 2 aromatic carbocycles. The number of rotatable bonds is 6. The second-order valence-electron chi connectivity index (χ2n) is 7.03. The van der Waals surface area contributed by atoms with E-state index in [4.69, 9.17) is 4.84 Å². The van der Waals surface area contributed by atoms with Crippen molar-refractivity contribution >= 4 is 49.6 Å². The Labute approximate surface area is 179 Å². The number of nitro groups is 1. The first-order chi connectivity index (χ1) is 14.3. The highest BCUT2D eigenvalue weighted by molar-refractivity contribution is 9.10. The average Bonchev–Trinajstić information content (AvgIpc) is 3.20. The van der Waals surface area contributed by atoms with E-state index in [-0.39, 0.29) is 11.6 Å². The van der Waals surface area contributed by atoms with E-state index in [1.165, 1.54) is 12.1 Å². The number of H-pyrrole nitrogens is 1. The Morgan fingerprint density at radius 3 is 2.83 bits per heavy atom. The summed E-state index contributed by atoms with van der Waals surface area (Å²) in [6.07, 6.45) is 0. The van der Waals surface area contributed by atoms with E-state index in [1.807, 2.05) is 37.2 Å². The highest BCUT2D eigenvalue weighted by atomic mass is 79.9. The largest absolute Gasteiger partial charge is 0.494 e. The molecule has 4 rings (SSSR count). The lowest BCUT2D eigenvalue weighted by Gasteiger charge is -2.09. The van der Waals surface area contributed by atoms with Crippen LogP contribution in [0.5, 0.6) is 5.88 Å². The molecule has 0 bridgehead atoms. The molecule has 2 N–H and O–H groups in total. The third-order valence-electron chi connectivity index (χ3n) is 4.67. The molecule has 1 aromatic heterocycles. The second-order valence-corrected chi connectivity index (χ2v) is 7.95. The molecule has 0 amide bonds. The third kappa shape index (κ3) is 3.66. The number of benzene rings is 2. The lowest BCUT2D eigenvalue weighted by atomic mass is 10.0. The maximum atomic E-state index is 11.3. The fourth-order valence-electron chi connectivity index (χ4n) is 3.22. The molecule has 0 fully saturated rings. The molecular formula is C20H18BrN5O4. The quantitative estimate of drug-likeness (QED) is 0.320. The van der Waals surface area contributed by atoms with Gasteiger partial charge in [-0.15, -0.1) is 0 Å². The van der Waals surface area contributed by atoms with Gasteiger partial charge in [-0.05, 0) is 32.3 Å². The van der Waals surface area contributed by atoms with Gasteiger partial charge in [0.2, 0.25) is 0 Å². The van der Waals surface area contributed by atoms with E-state index in [2.05, 4.69) is 31.1 Å². The molecule has 9 nitrogen and oxygen atoms in total. The summed E-state index contributed by atoms with van der Waals surface area (Å²) in [6, 6.07) is 9.93. The highest BCUT2D eigenvalue weighted by Crippen LogP contribution is 2.37. The van der Waals surface area contributed by atoms with E-state index in [0.29, 0.717) is 41.4 Å². The van der Waals surface area contributed by atoms with Gasteiger partial charge in [0.25, 0.3) is 5.69 Å². The van der Waals surface area contributed by atoms with Crippen molar-refractivity contribution in [1.29, 1.82) is 0 Å². The standard InChI is InChI=1S/C20H18BrN5O4/c1-25(2)7-8-30-24-18-14-10-12(26(28)29)4-6-15(14)22-19(18)17-13-5-3-11(21)9-16(13)23-20(17)27/h3-6,9-10,23,27H,7-8H2,1-2H3/b24-18+. The lowest BCUT2D eigenvalue weighted by molar-refractivity contribution is -0.384. The van der Waals surface area contributed by atoms with Crippen molar-refractivity contribution in [2.45, 2.75) is 0 Å². The van der Waals surface area contributed by atoms with Crippen molar-refractivity contribution in [2.24, 2.45) is 10.1 Å². The number of oxime groups is 1. The minimum atomic E-state index is -0.469. The number of nitrogens with zero attached hydrogens (tertiary/aromatic N) is 4. The second kappa shape index (κ2) is 7.88. The fourth-order valence-corrected chi connectivity index (χ4v) is 3.58. The number of halogens is 1. The molecule has 30 heavy (non-hydrogen) atoms. The number of aromatic nitrogens is 1. The zero-order chi connectivity index (χ0) is 21.4. The maximum absolute atomic E-state index is 11.3. The van der Waals surface area contributed by atoms with Gasteiger partial charge in [-0.25, -0.2) is 4.99 Å². The van der Waals surface area contributed by atoms with Crippen molar-refractivity contribution in [3.05, 3.63) is 62.1 Å². The number of aliphatic imine (C=N–C) groups is 1. The molecule has 1 aliphatic heterocycles. The Balaban J connectivity index is 1.83. The van der Waals surface area contributed by atoms with Crippen LogP contribution in [-0.4, -0.2) is 58.6 Å². The normalized spacial score (nSPS) is 14.4. The number of non-ortho nitro benzene ring substituents is 1. The number of aromatic amines is 1. The Morgan fingerprint density at radius 2 is 2.10 bits per heavy atom. The Bertz CT molecular complexity index is 1220. The first kappa shape index (κ1) is 20.0. The summed E-state index contributed by atoms with van der Waals surface area (Å²) >= 11 is 3.42. The van der Waals surface area contributed by atoms with E-state index >= 15 is 0 Å². The summed E-state index contributed by atoms with van der Waals surface area (Å²) in [5.41, 5.74) is 2.85. The Hall–Kier alpha value is -3.24. The summed E-state index contributed by atoms with van der Waals surface area (Å²) in [7, 11) is 3.83. The van der Waals surface area contributed by atoms with Crippen LogP contribution in [0.15, 0.2) is 51.0 Å². The molecular weight excluding hydrogens is 454 g/mol. The molecule has 0 unspecified atom stereocenters. The van der Waals surface area contributed by atoms with Crippen LogP contribution in [0.1, 0.15) is 11.1 Å². The van der Waals surface area contributed by atoms with Gasteiger partial charge in [-0.3, -0.25) is 10.1 Å². The van der Waals surface area contributed by atoms with Crippen LogP contribution in [0, 0.1) is 10.1 Å². The SMILES string of the molecule is CN(C)CCO/N=C1/C(c2c(O)[nH]c3cc(Br)ccc23)=Nc2ccc([N+](=O)[O-])cc21. The molecule has 0 aliphatic carbocycles. The smallest absolute Gasteiger partial charge is 0.270 e. The predicted molar refractivity (Wildman–Crippen MR) is 118 cm³/mol. The van der Waals surface area contributed by atoms with Gasteiger partial charge in [0.05, 0.1) is 21.7 Å². The van der Waals surface area contributed by atoms with Crippen LogP contribution in [0.4, 0.5) is 11.4 Å². The molecule has 1 aliphatic rings. The zero-order valence-electron chi connectivity index (χ0n) is 16.2. The zero-order valence-corrected chi connectivity index (χ0v) is 17.8. The third-order valence-corrected chi connectivity index (χ3v) is 5.16. The molecule has 0 atom stereocenters. The predicted octanol–water partition coefficient (Wildman–Crippen LogP) is 3.96. The van der Waals surface area contributed by atoms with E-state index in [1.54, 1.807) is 6.07 Å². The number of hydrogen-bond acceptors (Lipinski definition) is 7. The molecule has 2 heterocycles. The Kier molecular flexibility index (Phi) is 5.27. The number of hydrogen-bond donors (Lipinski definition) is 2. The highest BCUT2D eigenvalue weighted by Gasteiger charge is 2.31. The van der Waals surface area contributed by atoms with Crippen molar-refractivity contribution in [2.75, 3.05) is 27.2 Å². The average molecular weight is 472 g/mol. The minimum Gasteiger partial charge on any atom is -0.494 e. The van der Waals surface area contributed by atoms with Crippen LogP contribution in [0.3, 0.4) is 0 Å². The van der Waals surface area contributed by atoms with Gasteiger partial charge in [-0.2, -0.15) is 0 Å². The topological polar surface area (TPSA) is 116 Å². The summed E-state index contributed by atoms with van der Waals surface area (Å²) in [6.45, 7) is 0.984.